The van der Waals surface area contributed by atoms with Crippen molar-refractivity contribution in [3.05, 3.63) is 24.0 Å². The third-order valence-electron chi connectivity index (χ3n) is 4.19. The van der Waals surface area contributed by atoms with E-state index in [1.54, 1.807) is 0 Å². The Balaban J connectivity index is 2.09. The van der Waals surface area contributed by atoms with Gasteiger partial charge in [-0.2, -0.15) is 0 Å². The normalized spacial score (nSPS) is 16.6. The summed E-state index contributed by atoms with van der Waals surface area (Å²) in [6.07, 6.45) is 4.33. The highest BCUT2D eigenvalue weighted by atomic mass is 16.2. The standard InChI is InChI=1S/C16H27N3O/c1-4-18-11-5-6-15(18)16(20)19(13(2)3)12-14-7-9-17-10-8-14/h5-6,11,13-14,17H,4,7-10,12H2,1-3H3. The SMILES string of the molecule is CCn1cccc1C(=O)N(CC1CCNCC1)C(C)C. The fourth-order valence-electron chi connectivity index (χ4n) is 2.90. The van der Waals surface area contributed by atoms with Crippen molar-refractivity contribution >= 4 is 5.91 Å². The maximum Gasteiger partial charge on any atom is 0.270 e. The lowest BCUT2D eigenvalue weighted by Gasteiger charge is -2.33. The first-order chi connectivity index (χ1) is 9.63. The summed E-state index contributed by atoms with van der Waals surface area (Å²) in [6.45, 7) is 10.2. The summed E-state index contributed by atoms with van der Waals surface area (Å²) < 4.78 is 2.03. The van der Waals surface area contributed by atoms with Gasteiger partial charge < -0.3 is 14.8 Å². The van der Waals surface area contributed by atoms with Crippen molar-refractivity contribution in [3.63, 3.8) is 0 Å². The van der Waals surface area contributed by atoms with Gasteiger partial charge in [-0.25, -0.2) is 0 Å². The summed E-state index contributed by atoms with van der Waals surface area (Å²) in [5.74, 6) is 0.804. The minimum absolute atomic E-state index is 0.172. The van der Waals surface area contributed by atoms with Gasteiger partial charge in [0.2, 0.25) is 0 Å². The topological polar surface area (TPSA) is 37.3 Å². The number of aromatic nitrogens is 1. The fraction of sp³-hybridized carbons (Fsp3) is 0.688. The van der Waals surface area contributed by atoms with E-state index in [0.717, 1.165) is 31.9 Å². The molecule has 1 aromatic heterocycles. The Morgan fingerprint density at radius 2 is 2.15 bits per heavy atom. The molecular formula is C16H27N3O. The van der Waals surface area contributed by atoms with E-state index >= 15 is 0 Å². The zero-order valence-electron chi connectivity index (χ0n) is 12.9. The third-order valence-corrected chi connectivity index (χ3v) is 4.19. The molecule has 20 heavy (non-hydrogen) atoms. The molecule has 0 aromatic carbocycles. The van der Waals surface area contributed by atoms with E-state index < -0.39 is 0 Å². The van der Waals surface area contributed by atoms with Gasteiger partial charge in [0.1, 0.15) is 5.69 Å². The Hall–Kier alpha value is -1.29. The molecule has 0 atom stereocenters. The summed E-state index contributed by atoms with van der Waals surface area (Å²) in [4.78, 5) is 14.8. The molecular weight excluding hydrogens is 250 g/mol. The Morgan fingerprint density at radius 3 is 2.75 bits per heavy atom. The van der Waals surface area contributed by atoms with Crippen LogP contribution in [0.3, 0.4) is 0 Å². The van der Waals surface area contributed by atoms with Gasteiger partial charge in [0.05, 0.1) is 0 Å². The molecule has 0 bridgehead atoms. The summed E-state index contributed by atoms with van der Waals surface area (Å²) >= 11 is 0. The lowest BCUT2D eigenvalue weighted by molar-refractivity contribution is 0.0647. The maximum atomic E-state index is 12.8. The van der Waals surface area contributed by atoms with E-state index in [9.17, 15) is 4.79 Å². The molecule has 1 amide bonds. The summed E-state index contributed by atoms with van der Waals surface area (Å²) in [6, 6.07) is 4.14. The molecule has 1 N–H and O–H groups in total. The number of piperidine rings is 1. The van der Waals surface area contributed by atoms with E-state index in [1.807, 2.05) is 27.8 Å². The largest absolute Gasteiger partial charge is 0.344 e. The number of hydrogen-bond donors (Lipinski definition) is 1. The van der Waals surface area contributed by atoms with Crippen LogP contribution in [0.2, 0.25) is 0 Å². The molecule has 0 aliphatic carbocycles. The Morgan fingerprint density at radius 1 is 1.45 bits per heavy atom. The minimum atomic E-state index is 0.172. The van der Waals surface area contributed by atoms with E-state index in [-0.39, 0.29) is 11.9 Å². The quantitative estimate of drug-likeness (QED) is 0.897. The summed E-state index contributed by atoms with van der Waals surface area (Å²) in [5.41, 5.74) is 0.815. The molecule has 0 spiro atoms. The average Bonchev–Trinajstić information content (AvgIpc) is 2.93. The van der Waals surface area contributed by atoms with Crippen LogP contribution < -0.4 is 5.32 Å². The highest BCUT2D eigenvalue weighted by Gasteiger charge is 2.25. The number of amides is 1. The second-order valence-corrected chi connectivity index (χ2v) is 5.92. The van der Waals surface area contributed by atoms with Gasteiger partial charge >= 0.3 is 0 Å². The van der Waals surface area contributed by atoms with Gasteiger partial charge in [-0.3, -0.25) is 4.79 Å². The van der Waals surface area contributed by atoms with Crippen LogP contribution in [0.5, 0.6) is 0 Å². The summed E-state index contributed by atoms with van der Waals surface area (Å²) in [7, 11) is 0. The number of nitrogens with one attached hydrogen (secondary N) is 1. The number of nitrogens with zero attached hydrogens (tertiary/aromatic N) is 2. The van der Waals surface area contributed by atoms with Crippen LogP contribution >= 0.6 is 0 Å². The monoisotopic (exact) mass is 277 g/mol. The lowest BCUT2D eigenvalue weighted by atomic mass is 9.97. The Bertz CT molecular complexity index is 433. The van der Waals surface area contributed by atoms with Crippen LogP contribution in [0, 0.1) is 5.92 Å². The molecule has 112 valence electrons. The van der Waals surface area contributed by atoms with Crippen LogP contribution in [-0.2, 0) is 6.54 Å². The molecule has 1 aromatic rings. The minimum Gasteiger partial charge on any atom is -0.344 e. The van der Waals surface area contributed by atoms with E-state index in [0.29, 0.717) is 5.92 Å². The molecule has 0 unspecified atom stereocenters. The van der Waals surface area contributed by atoms with Crippen LogP contribution in [-0.4, -0.2) is 41.1 Å². The first-order valence-electron chi connectivity index (χ1n) is 7.80. The highest BCUT2D eigenvalue weighted by molar-refractivity contribution is 5.93. The maximum absolute atomic E-state index is 12.8. The van der Waals surface area contributed by atoms with Gasteiger partial charge in [0, 0.05) is 25.3 Å². The number of aryl methyl sites for hydroxylation is 1. The smallest absolute Gasteiger partial charge is 0.270 e. The van der Waals surface area contributed by atoms with Crippen LogP contribution in [0.1, 0.15) is 44.1 Å². The molecule has 2 heterocycles. The van der Waals surface area contributed by atoms with Crippen LogP contribution in [0.15, 0.2) is 18.3 Å². The van der Waals surface area contributed by atoms with Crippen LogP contribution in [0.25, 0.3) is 0 Å². The number of carbonyl (C=O) groups is 1. The van der Waals surface area contributed by atoms with Crippen molar-refractivity contribution in [2.24, 2.45) is 5.92 Å². The fourth-order valence-corrected chi connectivity index (χ4v) is 2.90. The van der Waals surface area contributed by atoms with Crippen molar-refractivity contribution in [1.82, 2.24) is 14.8 Å². The van der Waals surface area contributed by atoms with E-state index in [2.05, 4.69) is 26.1 Å². The highest BCUT2D eigenvalue weighted by Crippen LogP contribution is 2.18. The average molecular weight is 277 g/mol. The van der Waals surface area contributed by atoms with Crippen molar-refractivity contribution < 1.29 is 4.79 Å². The Kier molecular flexibility index (Phi) is 5.24. The molecule has 0 radical (unpaired) electrons. The lowest BCUT2D eigenvalue weighted by Crippen LogP contribution is -2.43. The molecule has 4 heteroatoms. The third kappa shape index (κ3) is 3.42. The van der Waals surface area contributed by atoms with Gasteiger partial charge in [0.15, 0.2) is 0 Å². The molecule has 0 saturated carbocycles. The van der Waals surface area contributed by atoms with Gasteiger partial charge in [-0.1, -0.05) is 0 Å². The van der Waals surface area contributed by atoms with Gasteiger partial charge in [-0.15, -0.1) is 0 Å². The molecule has 1 aliphatic heterocycles. The number of rotatable bonds is 5. The predicted molar refractivity (Wildman–Crippen MR) is 81.9 cm³/mol. The first kappa shape index (κ1) is 15.1. The molecule has 4 nitrogen and oxygen atoms in total. The number of carbonyl (C=O) groups excluding carboxylic acids is 1. The van der Waals surface area contributed by atoms with Crippen molar-refractivity contribution in [3.8, 4) is 0 Å². The Labute approximate surface area is 122 Å². The predicted octanol–water partition coefficient (Wildman–Crippen LogP) is 2.36. The van der Waals surface area contributed by atoms with Gasteiger partial charge in [0.25, 0.3) is 5.91 Å². The number of hydrogen-bond acceptors (Lipinski definition) is 2. The van der Waals surface area contributed by atoms with Crippen molar-refractivity contribution in [2.45, 2.75) is 46.2 Å². The molecule has 2 rings (SSSR count). The van der Waals surface area contributed by atoms with Crippen LogP contribution in [0.4, 0.5) is 0 Å². The van der Waals surface area contributed by atoms with E-state index in [4.69, 9.17) is 0 Å². The molecule has 1 saturated heterocycles. The van der Waals surface area contributed by atoms with E-state index in [1.165, 1.54) is 12.8 Å². The second-order valence-electron chi connectivity index (χ2n) is 5.92. The summed E-state index contributed by atoms with van der Waals surface area (Å²) in [5, 5.41) is 3.38. The second kappa shape index (κ2) is 6.93. The molecule has 1 fully saturated rings. The van der Waals surface area contributed by atoms with Crippen molar-refractivity contribution in [2.75, 3.05) is 19.6 Å². The molecule has 1 aliphatic rings. The first-order valence-corrected chi connectivity index (χ1v) is 7.80. The van der Waals surface area contributed by atoms with Crippen molar-refractivity contribution in [1.29, 1.82) is 0 Å². The zero-order chi connectivity index (χ0) is 14.5. The van der Waals surface area contributed by atoms with Gasteiger partial charge in [-0.05, 0) is 64.8 Å². The zero-order valence-corrected chi connectivity index (χ0v) is 12.9.